The number of rotatable bonds is 6. The summed E-state index contributed by atoms with van der Waals surface area (Å²) in [6.07, 6.45) is -12.3. The van der Waals surface area contributed by atoms with Crippen molar-refractivity contribution in [3.63, 3.8) is 0 Å². The summed E-state index contributed by atoms with van der Waals surface area (Å²) in [4.78, 5) is 3.76. The van der Waals surface area contributed by atoms with E-state index in [2.05, 4.69) is 29.4 Å². The van der Waals surface area contributed by atoms with Crippen LogP contribution in [0.25, 0.3) is 0 Å². The number of aromatic nitrogens is 1. The van der Waals surface area contributed by atoms with Crippen molar-refractivity contribution in [3.8, 4) is 0 Å². The Morgan fingerprint density at radius 3 is 1.94 bits per heavy atom. The van der Waals surface area contributed by atoms with Crippen LogP contribution in [0.4, 0.5) is 35.1 Å². The molecule has 11 heteroatoms. The molecule has 0 saturated carbocycles. The van der Waals surface area contributed by atoms with E-state index in [9.17, 15) is 40.2 Å². The monoisotopic (exact) mass is 520 g/mol. The molecule has 2 N–H and O–H groups in total. The lowest BCUT2D eigenvalue weighted by Gasteiger charge is -2.33. The lowest BCUT2D eigenvalue weighted by molar-refractivity contribution is -0.153. The number of pyridine rings is 1. The predicted octanol–water partition coefficient (Wildman–Crippen LogP) is 6.54. The number of benzene rings is 2. The Morgan fingerprint density at radius 2 is 1.47 bits per heavy atom. The third-order valence-corrected chi connectivity index (χ3v) is 5.14. The lowest BCUT2D eigenvalue weighted by atomic mass is 9.86. The molecule has 3 aromatic rings. The first-order valence-electron chi connectivity index (χ1n) is 10.6. The molecule has 3 rings (SSSR count). The minimum absolute atomic E-state index is 0.0863. The molecule has 0 aliphatic rings. The Kier molecular flexibility index (Phi) is 9.56. The van der Waals surface area contributed by atoms with Crippen molar-refractivity contribution < 1.29 is 40.2 Å². The van der Waals surface area contributed by atoms with E-state index in [0.717, 1.165) is 24.4 Å². The van der Waals surface area contributed by atoms with Gasteiger partial charge in [-0.15, -0.1) is 0 Å². The molecule has 0 bridgehead atoms. The van der Waals surface area contributed by atoms with Gasteiger partial charge in [-0.25, -0.2) is 8.78 Å². The molecule has 0 spiro atoms. The summed E-state index contributed by atoms with van der Waals surface area (Å²) < 4.78 is 104. The molecule has 0 fully saturated rings. The smallest absolute Gasteiger partial charge is 0.391 e. The number of aliphatic hydroxyl groups is 1. The van der Waals surface area contributed by atoms with Gasteiger partial charge in [-0.2, -0.15) is 26.3 Å². The Bertz CT molecular complexity index is 1100. The van der Waals surface area contributed by atoms with Gasteiger partial charge in [0.2, 0.25) is 0 Å². The van der Waals surface area contributed by atoms with Crippen LogP contribution in [0, 0.1) is 18.6 Å². The minimum atomic E-state index is -4.89. The molecule has 1 aromatic heterocycles. The standard InChI is InChI=1S/C18H16F8N2O.C7H8/c1-16(15-3-2-12(19)8-27-15,28-9-14(29)7-17(21,22)23)10-4-11(18(24,25)26)6-13(20)5-10;1-7-5-3-2-4-6-7/h2-6,8,14,28-29H,7,9H2,1H3;2-6H,1H3/t14?,16-;/m0./s1. The second kappa shape index (κ2) is 11.8. The Hall–Kier alpha value is -3.05. The normalized spacial score (nSPS) is 14.4. The summed E-state index contributed by atoms with van der Waals surface area (Å²) in [6, 6.07) is 13.9. The third-order valence-electron chi connectivity index (χ3n) is 5.14. The molecule has 3 nitrogen and oxygen atoms in total. The molecule has 0 aliphatic heterocycles. The summed E-state index contributed by atoms with van der Waals surface area (Å²) in [5.41, 5.74) is -2.16. The SMILES string of the molecule is C[C@](NCC(O)CC(F)(F)F)(c1cc(F)cc(C(F)(F)F)c1)c1ccc(F)cn1.Cc1ccccc1. The van der Waals surface area contributed by atoms with Gasteiger partial charge in [0.25, 0.3) is 0 Å². The van der Waals surface area contributed by atoms with E-state index in [1.807, 2.05) is 18.2 Å². The molecule has 0 saturated heterocycles. The summed E-state index contributed by atoms with van der Waals surface area (Å²) in [6.45, 7) is 2.62. The lowest BCUT2D eigenvalue weighted by Crippen LogP contribution is -2.46. The van der Waals surface area contributed by atoms with E-state index in [4.69, 9.17) is 0 Å². The highest BCUT2D eigenvalue weighted by Crippen LogP contribution is 2.35. The number of alkyl halides is 6. The average Bonchev–Trinajstić information content (AvgIpc) is 2.77. The highest BCUT2D eigenvalue weighted by atomic mass is 19.4. The van der Waals surface area contributed by atoms with E-state index in [1.54, 1.807) is 0 Å². The first-order chi connectivity index (χ1) is 16.6. The van der Waals surface area contributed by atoms with Crippen LogP contribution in [0.3, 0.4) is 0 Å². The molecular formula is C25H24F8N2O. The predicted molar refractivity (Wildman–Crippen MR) is 118 cm³/mol. The Morgan fingerprint density at radius 1 is 0.861 bits per heavy atom. The van der Waals surface area contributed by atoms with Gasteiger partial charge in [0, 0.05) is 6.54 Å². The Labute approximate surface area is 202 Å². The first kappa shape index (κ1) is 29.2. The van der Waals surface area contributed by atoms with Crippen LogP contribution in [0.2, 0.25) is 0 Å². The minimum Gasteiger partial charge on any atom is -0.391 e. The van der Waals surface area contributed by atoms with Crippen LogP contribution in [0.5, 0.6) is 0 Å². The molecule has 0 radical (unpaired) electrons. The van der Waals surface area contributed by atoms with Crippen LogP contribution in [-0.4, -0.2) is 28.9 Å². The van der Waals surface area contributed by atoms with Crippen molar-refractivity contribution in [1.29, 1.82) is 0 Å². The Balaban J connectivity index is 0.000000558. The maximum absolute atomic E-state index is 13.9. The molecule has 1 heterocycles. The van der Waals surface area contributed by atoms with Crippen molar-refractivity contribution >= 4 is 0 Å². The molecule has 0 amide bonds. The molecule has 36 heavy (non-hydrogen) atoms. The van der Waals surface area contributed by atoms with Crippen LogP contribution in [0.1, 0.15) is 35.7 Å². The zero-order chi connectivity index (χ0) is 27.1. The zero-order valence-corrected chi connectivity index (χ0v) is 19.3. The zero-order valence-electron chi connectivity index (χ0n) is 19.3. The van der Waals surface area contributed by atoms with Gasteiger partial charge in [-0.1, -0.05) is 35.9 Å². The van der Waals surface area contributed by atoms with Gasteiger partial charge in [0.1, 0.15) is 11.6 Å². The largest absolute Gasteiger partial charge is 0.416 e. The van der Waals surface area contributed by atoms with Gasteiger partial charge in [0.15, 0.2) is 0 Å². The number of hydrogen-bond acceptors (Lipinski definition) is 3. The number of nitrogens with one attached hydrogen (secondary N) is 1. The van der Waals surface area contributed by atoms with Crippen molar-refractivity contribution in [2.45, 2.75) is 44.3 Å². The van der Waals surface area contributed by atoms with Crippen molar-refractivity contribution in [1.82, 2.24) is 10.3 Å². The van der Waals surface area contributed by atoms with Crippen molar-refractivity contribution in [3.05, 3.63) is 101 Å². The van der Waals surface area contributed by atoms with Gasteiger partial charge in [0.05, 0.1) is 35.5 Å². The van der Waals surface area contributed by atoms with Crippen LogP contribution >= 0.6 is 0 Å². The van der Waals surface area contributed by atoms with Gasteiger partial charge in [-0.05, 0) is 49.7 Å². The highest BCUT2D eigenvalue weighted by molar-refractivity contribution is 5.38. The quantitative estimate of drug-likeness (QED) is 0.363. The van der Waals surface area contributed by atoms with Gasteiger partial charge >= 0.3 is 12.4 Å². The molecular weight excluding hydrogens is 496 g/mol. The topological polar surface area (TPSA) is 45.1 Å². The summed E-state index contributed by atoms with van der Waals surface area (Å²) in [5.74, 6) is -2.00. The number of aliphatic hydroxyl groups excluding tert-OH is 1. The number of halogens is 8. The van der Waals surface area contributed by atoms with E-state index in [0.29, 0.717) is 6.07 Å². The number of hydrogen-bond donors (Lipinski definition) is 2. The fourth-order valence-electron chi connectivity index (χ4n) is 3.25. The van der Waals surface area contributed by atoms with Crippen LogP contribution in [-0.2, 0) is 11.7 Å². The highest BCUT2D eigenvalue weighted by Gasteiger charge is 2.37. The third kappa shape index (κ3) is 8.87. The van der Waals surface area contributed by atoms with Crippen molar-refractivity contribution in [2.75, 3.05) is 6.54 Å². The first-order valence-corrected chi connectivity index (χ1v) is 10.6. The van der Waals surface area contributed by atoms with Crippen molar-refractivity contribution in [2.24, 2.45) is 0 Å². The maximum atomic E-state index is 13.9. The summed E-state index contributed by atoms with van der Waals surface area (Å²) >= 11 is 0. The number of nitrogens with zero attached hydrogens (tertiary/aromatic N) is 1. The van der Waals surface area contributed by atoms with Crippen LogP contribution in [0.15, 0.2) is 66.9 Å². The second-order valence-corrected chi connectivity index (χ2v) is 8.22. The fourth-order valence-corrected chi connectivity index (χ4v) is 3.25. The van der Waals surface area contributed by atoms with Crippen LogP contribution < -0.4 is 5.32 Å². The number of aryl methyl sites for hydroxylation is 1. The molecule has 196 valence electrons. The summed E-state index contributed by atoms with van der Waals surface area (Å²) in [5, 5.41) is 12.1. The van der Waals surface area contributed by atoms with E-state index < -0.39 is 54.2 Å². The molecule has 2 atom stereocenters. The molecule has 0 aliphatic carbocycles. The van der Waals surface area contributed by atoms with Gasteiger partial charge in [-0.3, -0.25) is 4.98 Å². The van der Waals surface area contributed by atoms with E-state index in [-0.39, 0.29) is 17.3 Å². The molecule has 1 unspecified atom stereocenters. The van der Waals surface area contributed by atoms with E-state index in [1.165, 1.54) is 12.5 Å². The second-order valence-electron chi connectivity index (χ2n) is 8.22. The van der Waals surface area contributed by atoms with Gasteiger partial charge < -0.3 is 10.4 Å². The maximum Gasteiger partial charge on any atom is 0.416 e. The average molecular weight is 520 g/mol. The van der Waals surface area contributed by atoms with E-state index >= 15 is 0 Å². The summed E-state index contributed by atoms with van der Waals surface area (Å²) in [7, 11) is 0. The fraction of sp³-hybridized carbons (Fsp3) is 0.320. The molecule has 2 aromatic carbocycles.